The van der Waals surface area contributed by atoms with E-state index in [9.17, 15) is 27.3 Å². The van der Waals surface area contributed by atoms with Gasteiger partial charge < -0.3 is 9.64 Å². The molecule has 0 unspecified atom stereocenters. The molecule has 13 heteroatoms. The first kappa shape index (κ1) is 23.6. The minimum atomic E-state index is -5.24. The number of rotatable bonds is 11. The first-order chi connectivity index (χ1) is 11.1. The third kappa shape index (κ3) is 9.16. The van der Waals surface area contributed by atoms with Crippen molar-refractivity contribution >= 4 is 43.6 Å². The van der Waals surface area contributed by atoms with Crippen LogP contribution in [0.2, 0.25) is 0 Å². The van der Waals surface area contributed by atoms with Crippen molar-refractivity contribution in [3.63, 3.8) is 0 Å². The molecule has 0 aliphatic heterocycles. The number of alkyl halides is 3. The van der Waals surface area contributed by atoms with Gasteiger partial charge in [0.15, 0.2) is 0 Å². The Hall–Kier alpha value is -0.420. The Bertz CT molecular complexity index is 454. The van der Waals surface area contributed by atoms with E-state index < -0.39 is 38.5 Å². The zero-order valence-electron chi connectivity index (χ0n) is 13.3. The molecule has 142 valence electrons. The van der Waals surface area contributed by atoms with Crippen molar-refractivity contribution in [3.8, 4) is 0 Å². The van der Waals surface area contributed by atoms with Gasteiger partial charge in [-0.15, -0.1) is 0 Å². The number of carbonyl (C=O) groups is 2. The molecule has 0 heterocycles. The van der Waals surface area contributed by atoms with E-state index in [1.165, 1.54) is 6.92 Å². The molecule has 0 fully saturated rings. The molecule has 1 amide bonds. The van der Waals surface area contributed by atoms with Gasteiger partial charge >= 0.3 is 25.6 Å². The predicted molar refractivity (Wildman–Crippen MR) is 85.3 cm³/mol. The minimum Gasteiger partial charge on any atom is -0.465 e. The second-order valence-corrected chi connectivity index (χ2v) is 8.34. The van der Waals surface area contributed by atoms with Gasteiger partial charge in [-0.25, -0.2) is 7.94 Å². The number of esters is 1. The summed E-state index contributed by atoms with van der Waals surface area (Å²) in [5.41, 5.74) is 0. The number of hydrogen-bond donors (Lipinski definition) is 0. The Labute approximate surface area is 146 Å². The molecule has 0 aromatic heterocycles. The van der Waals surface area contributed by atoms with Crippen molar-refractivity contribution in [2.75, 3.05) is 30.9 Å². The van der Waals surface area contributed by atoms with E-state index in [0.29, 0.717) is 11.5 Å². The number of ether oxygens (including phenoxy) is 1. The standard InChI is InChI=1S/C11H19F3NO6PS2/c1-4-19-9(16)7-15(10(17)11(12,13)14)8-22(18,20-23-5-2)21-24-6-3/h4-8H2,1-3H3. The Morgan fingerprint density at radius 2 is 1.58 bits per heavy atom. The monoisotopic (exact) mass is 413 g/mol. The minimum absolute atomic E-state index is 0.0607. The van der Waals surface area contributed by atoms with Gasteiger partial charge in [0.1, 0.15) is 12.8 Å². The zero-order valence-corrected chi connectivity index (χ0v) is 15.9. The van der Waals surface area contributed by atoms with Crippen LogP contribution < -0.4 is 0 Å². The normalized spacial score (nSPS) is 12.1. The summed E-state index contributed by atoms with van der Waals surface area (Å²) in [6, 6.07) is 0. The van der Waals surface area contributed by atoms with E-state index in [0.717, 1.165) is 24.1 Å². The molecular weight excluding hydrogens is 394 g/mol. The van der Waals surface area contributed by atoms with Crippen LogP contribution in [0.4, 0.5) is 13.2 Å². The Morgan fingerprint density at radius 3 is 1.96 bits per heavy atom. The lowest BCUT2D eigenvalue weighted by Crippen LogP contribution is -2.44. The maximum Gasteiger partial charge on any atom is 0.471 e. The summed E-state index contributed by atoms with van der Waals surface area (Å²) >= 11 is 1.44. The topological polar surface area (TPSA) is 82.1 Å². The van der Waals surface area contributed by atoms with E-state index in [4.69, 9.17) is 7.94 Å². The molecule has 0 atom stereocenters. The van der Waals surface area contributed by atoms with E-state index in [-0.39, 0.29) is 11.5 Å². The average Bonchev–Trinajstić information content (AvgIpc) is 2.49. The predicted octanol–water partition coefficient (Wildman–Crippen LogP) is 3.46. The molecule has 0 aliphatic rings. The van der Waals surface area contributed by atoms with Crippen molar-refractivity contribution in [1.29, 1.82) is 0 Å². The zero-order chi connectivity index (χ0) is 18.8. The first-order valence-electron chi connectivity index (χ1n) is 6.82. The van der Waals surface area contributed by atoms with Gasteiger partial charge in [-0.2, -0.15) is 13.2 Å². The lowest BCUT2D eigenvalue weighted by atomic mass is 10.5. The van der Waals surface area contributed by atoms with Crippen LogP contribution >= 0.6 is 31.7 Å². The lowest BCUT2D eigenvalue weighted by Gasteiger charge is -2.26. The van der Waals surface area contributed by atoms with Gasteiger partial charge in [-0.1, -0.05) is 13.8 Å². The van der Waals surface area contributed by atoms with Gasteiger partial charge in [-0.05, 0) is 6.92 Å². The largest absolute Gasteiger partial charge is 0.471 e. The summed E-state index contributed by atoms with van der Waals surface area (Å²) in [7, 11) is -4.08. The highest BCUT2D eigenvalue weighted by atomic mass is 32.2. The molecule has 0 radical (unpaired) electrons. The van der Waals surface area contributed by atoms with E-state index in [1.54, 1.807) is 13.8 Å². The molecule has 0 rings (SSSR count). The van der Waals surface area contributed by atoms with Crippen molar-refractivity contribution in [1.82, 2.24) is 4.90 Å². The van der Waals surface area contributed by atoms with Crippen LogP contribution in [-0.2, 0) is 26.8 Å². The molecule has 0 spiro atoms. The number of halogens is 3. The van der Waals surface area contributed by atoms with Gasteiger partial charge in [0.05, 0.1) is 6.61 Å². The molecule has 0 bridgehead atoms. The molecule has 0 saturated carbocycles. The van der Waals surface area contributed by atoms with Crippen LogP contribution in [0.15, 0.2) is 0 Å². The third-order valence-corrected chi connectivity index (χ3v) is 5.89. The fraction of sp³-hybridized carbons (Fsp3) is 0.818. The Morgan fingerprint density at radius 1 is 1.08 bits per heavy atom. The summed E-state index contributed by atoms with van der Waals surface area (Å²) in [6.45, 7) is 3.70. The van der Waals surface area contributed by atoms with Gasteiger partial charge in [-0.3, -0.25) is 14.2 Å². The van der Waals surface area contributed by atoms with Gasteiger partial charge in [0, 0.05) is 35.6 Å². The molecule has 0 saturated heterocycles. The highest BCUT2D eigenvalue weighted by molar-refractivity contribution is 8.01. The molecular formula is C11H19F3NO6PS2. The fourth-order valence-electron chi connectivity index (χ4n) is 1.26. The fourth-order valence-corrected chi connectivity index (χ4v) is 4.74. The quantitative estimate of drug-likeness (QED) is 0.289. The molecule has 24 heavy (non-hydrogen) atoms. The average molecular weight is 413 g/mol. The highest BCUT2D eigenvalue weighted by Gasteiger charge is 2.46. The van der Waals surface area contributed by atoms with Crippen LogP contribution in [0, 0.1) is 0 Å². The number of carbonyl (C=O) groups excluding carboxylic acids is 2. The molecule has 0 N–H and O–H groups in total. The Balaban J connectivity index is 5.31. The van der Waals surface area contributed by atoms with Crippen molar-refractivity contribution in [2.45, 2.75) is 26.9 Å². The summed E-state index contributed by atoms with van der Waals surface area (Å²) in [5, 5.41) is 0. The highest BCUT2D eigenvalue weighted by Crippen LogP contribution is 2.55. The number of amides is 1. The molecule has 7 nitrogen and oxygen atoms in total. The molecule has 0 aromatic rings. The van der Waals surface area contributed by atoms with E-state index >= 15 is 0 Å². The maximum atomic E-state index is 12.7. The van der Waals surface area contributed by atoms with Crippen molar-refractivity contribution in [2.24, 2.45) is 0 Å². The summed E-state index contributed by atoms with van der Waals surface area (Å²) < 4.78 is 65.0. The van der Waals surface area contributed by atoms with Crippen LogP contribution in [0.5, 0.6) is 0 Å². The SMILES string of the molecule is CCOC(=O)CN(CP(=O)(OSCC)OSCC)C(=O)C(F)(F)F. The van der Waals surface area contributed by atoms with Crippen LogP contribution in [-0.4, -0.2) is 53.9 Å². The summed E-state index contributed by atoms with van der Waals surface area (Å²) in [4.78, 5) is 23.0. The molecule has 0 aromatic carbocycles. The first-order valence-corrected chi connectivity index (χ1v) is 10.4. The number of nitrogens with zero attached hydrogens (tertiary/aromatic N) is 1. The van der Waals surface area contributed by atoms with Crippen molar-refractivity contribution in [3.05, 3.63) is 0 Å². The van der Waals surface area contributed by atoms with Crippen LogP contribution in [0.25, 0.3) is 0 Å². The van der Waals surface area contributed by atoms with Gasteiger partial charge in [0.2, 0.25) is 0 Å². The Kier molecular flexibility index (Phi) is 11.0. The van der Waals surface area contributed by atoms with E-state index in [2.05, 4.69) is 4.74 Å². The third-order valence-electron chi connectivity index (χ3n) is 2.07. The lowest BCUT2D eigenvalue weighted by molar-refractivity contribution is -0.186. The van der Waals surface area contributed by atoms with Gasteiger partial charge in [0.25, 0.3) is 0 Å². The van der Waals surface area contributed by atoms with Crippen molar-refractivity contribution < 1.29 is 40.0 Å². The second kappa shape index (κ2) is 11.2. The summed E-state index contributed by atoms with van der Waals surface area (Å²) in [6.07, 6.45) is -6.27. The summed E-state index contributed by atoms with van der Waals surface area (Å²) in [5.74, 6) is -2.68. The maximum absolute atomic E-state index is 12.7. The molecule has 0 aliphatic carbocycles. The number of hydrogen-bond acceptors (Lipinski definition) is 8. The van der Waals surface area contributed by atoms with E-state index in [1.807, 2.05) is 0 Å². The van der Waals surface area contributed by atoms with Crippen LogP contribution in [0.3, 0.4) is 0 Å². The van der Waals surface area contributed by atoms with Crippen LogP contribution in [0.1, 0.15) is 20.8 Å². The smallest absolute Gasteiger partial charge is 0.465 e. The second-order valence-electron chi connectivity index (χ2n) is 4.02.